The molecule has 1 heterocycles. The molecule has 2 aliphatic rings. The highest BCUT2D eigenvalue weighted by atomic mass is 19.1. The van der Waals surface area contributed by atoms with Gasteiger partial charge < -0.3 is 10.2 Å². The van der Waals surface area contributed by atoms with Crippen LogP contribution in [0.5, 0.6) is 0 Å². The first-order valence-corrected chi connectivity index (χ1v) is 7.29. The van der Waals surface area contributed by atoms with E-state index in [0.29, 0.717) is 0 Å². The highest BCUT2D eigenvalue weighted by Gasteiger charge is 2.53. The van der Waals surface area contributed by atoms with Crippen LogP contribution < -0.4 is 5.32 Å². The molecule has 1 saturated heterocycles. The normalized spacial score (nSPS) is 27.5. The summed E-state index contributed by atoms with van der Waals surface area (Å²) in [4.78, 5) is 26.4. The van der Waals surface area contributed by atoms with Crippen LogP contribution in [0.15, 0.2) is 24.3 Å². The molecule has 2 unspecified atom stereocenters. The topological polar surface area (TPSA) is 49.4 Å². The third-order valence-corrected chi connectivity index (χ3v) is 4.63. The third kappa shape index (κ3) is 2.41. The molecule has 4 nitrogen and oxygen atoms in total. The molecule has 5 heteroatoms. The van der Waals surface area contributed by atoms with E-state index in [0.717, 1.165) is 18.4 Å². The number of benzene rings is 1. The Morgan fingerprint density at radius 3 is 2.48 bits per heavy atom. The van der Waals surface area contributed by atoms with Gasteiger partial charge in [-0.25, -0.2) is 4.39 Å². The number of piperazine rings is 1. The quantitative estimate of drug-likeness (QED) is 0.926. The summed E-state index contributed by atoms with van der Waals surface area (Å²) in [6.45, 7) is 3.74. The van der Waals surface area contributed by atoms with Crippen LogP contribution in [0.4, 0.5) is 4.39 Å². The summed E-state index contributed by atoms with van der Waals surface area (Å²) < 4.78 is 13.0. The van der Waals surface area contributed by atoms with Crippen molar-refractivity contribution in [3.05, 3.63) is 35.6 Å². The first-order chi connectivity index (χ1) is 9.91. The number of carbonyl (C=O) groups excluding carboxylic acids is 2. The Morgan fingerprint density at radius 2 is 1.90 bits per heavy atom. The van der Waals surface area contributed by atoms with Crippen molar-refractivity contribution in [2.75, 3.05) is 6.54 Å². The lowest BCUT2D eigenvalue weighted by Crippen LogP contribution is -2.66. The second-order valence-corrected chi connectivity index (χ2v) is 6.19. The van der Waals surface area contributed by atoms with Gasteiger partial charge in [0.25, 0.3) is 0 Å². The maximum absolute atomic E-state index is 13.0. The number of halogens is 1. The summed E-state index contributed by atoms with van der Waals surface area (Å²) >= 11 is 0. The van der Waals surface area contributed by atoms with E-state index in [4.69, 9.17) is 0 Å². The van der Waals surface area contributed by atoms with Gasteiger partial charge in [0, 0.05) is 0 Å². The van der Waals surface area contributed by atoms with E-state index < -0.39 is 5.54 Å². The minimum atomic E-state index is -0.788. The molecule has 0 aromatic heterocycles. The molecule has 1 aromatic rings. The van der Waals surface area contributed by atoms with Crippen molar-refractivity contribution in [2.45, 2.75) is 38.3 Å². The van der Waals surface area contributed by atoms with E-state index in [1.807, 2.05) is 13.8 Å². The number of nitrogens with one attached hydrogen (secondary N) is 1. The fraction of sp³-hybridized carbons (Fsp3) is 0.500. The Labute approximate surface area is 123 Å². The Hall–Kier alpha value is -1.91. The maximum atomic E-state index is 13.0. The number of rotatable bonds is 3. The van der Waals surface area contributed by atoms with Crippen molar-refractivity contribution in [1.82, 2.24) is 10.2 Å². The van der Waals surface area contributed by atoms with Gasteiger partial charge in [0.1, 0.15) is 17.9 Å². The van der Waals surface area contributed by atoms with Crippen molar-refractivity contribution < 1.29 is 14.0 Å². The number of hydrogen-bond acceptors (Lipinski definition) is 2. The Kier molecular flexibility index (Phi) is 3.23. The van der Waals surface area contributed by atoms with Crippen molar-refractivity contribution in [3.8, 4) is 0 Å². The van der Waals surface area contributed by atoms with E-state index in [1.165, 1.54) is 12.1 Å². The van der Waals surface area contributed by atoms with E-state index in [9.17, 15) is 14.0 Å². The first-order valence-electron chi connectivity index (χ1n) is 7.29. The summed E-state index contributed by atoms with van der Waals surface area (Å²) in [7, 11) is 0. The number of nitrogens with zero attached hydrogens (tertiary/aromatic N) is 1. The highest BCUT2D eigenvalue weighted by molar-refractivity contribution is 5.98. The van der Waals surface area contributed by atoms with Crippen LogP contribution in [0.3, 0.4) is 0 Å². The predicted molar refractivity (Wildman–Crippen MR) is 75.8 cm³/mol. The van der Waals surface area contributed by atoms with E-state index in [1.54, 1.807) is 17.0 Å². The van der Waals surface area contributed by atoms with E-state index >= 15 is 0 Å². The fourth-order valence-electron chi connectivity index (χ4n) is 3.08. The Morgan fingerprint density at radius 1 is 1.29 bits per heavy atom. The summed E-state index contributed by atoms with van der Waals surface area (Å²) in [5, 5.41) is 2.86. The zero-order chi connectivity index (χ0) is 15.2. The lowest BCUT2D eigenvalue weighted by molar-refractivity contribution is -0.152. The largest absolute Gasteiger partial charge is 0.340 e. The van der Waals surface area contributed by atoms with Crippen LogP contribution in [0.2, 0.25) is 0 Å². The summed E-state index contributed by atoms with van der Waals surface area (Å²) in [6.07, 6.45) is 1.95. The second-order valence-electron chi connectivity index (χ2n) is 6.19. The summed E-state index contributed by atoms with van der Waals surface area (Å²) in [5.74, 6) is -0.243. The number of amides is 2. The molecule has 0 spiro atoms. The highest BCUT2D eigenvalue weighted by Crippen LogP contribution is 2.42. The van der Waals surface area contributed by atoms with Crippen molar-refractivity contribution >= 4 is 11.8 Å². The molecule has 0 bridgehead atoms. The van der Waals surface area contributed by atoms with E-state index in [-0.39, 0.29) is 36.1 Å². The molecular formula is C16H19FN2O2. The molecule has 112 valence electrons. The third-order valence-electron chi connectivity index (χ3n) is 4.63. The van der Waals surface area contributed by atoms with Gasteiger partial charge in [-0.1, -0.05) is 12.1 Å². The van der Waals surface area contributed by atoms with Gasteiger partial charge in [0.2, 0.25) is 11.8 Å². The van der Waals surface area contributed by atoms with Gasteiger partial charge in [-0.05, 0) is 50.3 Å². The van der Waals surface area contributed by atoms with Gasteiger partial charge in [-0.2, -0.15) is 0 Å². The number of hydrogen-bond donors (Lipinski definition) is 1. The van der Waals surface area contributed by atoms with Crippen molar-refractivity contribution in [2.24, 2.45) is 5.92 Å². The van der Waals surface area contributed by atoms with Crippen molar-refractivity contribution in [1.29, 1.82) is 0 Å². The van der Waals surface area contributed by atoms with Crippen LogP contribution in [0, 0.1) is 11.7 Å². The fourth-order valence-corrected chi connectivity index (χ4v) is 3.08. The molecule has 1 aromatic carbocycles. The molecule has 0 radical (unpaired) electrons. The van der Waals surface area contributed by atoms with Gasteiger partial charge in [0.15, 0.2) is 0 Å². The smallest absolute Gasteiger partial charge is 0.249 e. The van der Waals surface area contributed by atoms with Gasteiger partial charge >= 0.3 is 0 Å². The van der Waals surface area contributed by atoms with Gasteiger partial charge in [-0.15, -0.1) is 0 Å². The van der Waals surface area contributed by atoms with E-state index in [2.05, 4.69) is 5.32 Å². The minimum Gasteiger partial charge on any atom is -0.340 e. The van der Waals surface area contributed by atoms with Crippen LogP contribution in [0.25, 0.3) is 0 Å². The zero-order valence-electron chi connectivity index (χ0n) is 12.2. The van der Waals surface area contributed by atoms with Gasteiger partial charge in [-0.3, -0.25) is 9.59 Å². The summed E-state index contributed by atoms with van der Waals surface area (Å²) in [5.41, 5.74) is 0.0430. The molecular weight excluding hydrogens is 271 g/mol. The van der Waals surface area contributed by atoms with Crippen molar-refractivity contribution in [3.63, 3.8) is 0 Å². The van der Waals surface area contributed by atoms with Gasteiger partial charge in [0.05, 0.1) is 6.04 Å². The van der Waals surface area contributed by atoms with Crippen LogP contribution in [-0.4, -0.2) is 28.8 Å². The monoisotopic (exact) mass is 290 g/mol. The molecule has 2 amide bonds. The molecule has 1 aliphatic heterocycles. The molecule has 1 aliphatic carbocycles. The maximum Gasteiger partial charge on any atom is 0.249 e. The van der Waals surface area contributed by atoms with Crippen LogP contribution >= 0.6 is 0 Å². The average Bonchev–Trinajstić information content (AvgIpc) is 3.28. The molecule has 21 heavy (non-hydrogen) atoms. The summed E-state index contributed by atoms with van der Waals surface area (Å²) in [6, 6.07) is 5.82. The lowest BCUT2D eigenvalue weighted by Gasteiger charge is -2.42. The minimum absolute atomic E-state index is 0.0403. The zero-order valence-corrected chi connectivity index (χ0v) is 12.2. The SMILES string of the molecule is CC(c1ccc(F)cc1)N1CC(=O)NC(C)(C2CC2)C1=O. The Balaban J connectivity index is 1.87. The second kappa shape index (κ2) is 4.83. The first kappa shape index (κ1) is 14.0. The molecule has 1 saturated carbocycles. The molecule has 2 fully saturated rings. The van der Waals surface area contributed by atoms with Crippen LogP contribution in [-0.2, 0) is 9.59 Å². The molecule has 2 atom stereocenters. The molecule has 3 rings (SSSR count). The lowest BCUT2D eigenvalue weighted by atomic mass is 9.90. The average molecular weight is 290 g/mol. The Bertz CT molecular complexity index is 582. The number of carbonyl (C=O) groups is 2. The molecule has 1 N–H and O–H groups in total. The van der Waals surface area contributed by atoms with Crippen LogP contribution in [0.1, 0.15) is 38.3 Å². The standard InChI is InChI=1S/C16H19FN2O2/c1-10(11-3-7-13(17)8-4-11)19-9-14(20)18-16(2,15(19)21)12-5-6-12/h3-4,7-8,10,12H,5-6,9H2,1-2H3,(H,18,20). The predicted octanol–water partition coefficient (Wildman–Crippen LogP) is 2.01.